The molecule has 1 heterocycles. The third-order valence-corrected chi connectivity index (χ3v) is 4.11. The number of rotatable bonds is 4. The number of carbonyl (C=O) groups excluding carboxylic acids is 1. The van der Waals surface area contributed by atoms with Gasteiger partial charge < -0.3 is 11.1 Å². The molecule has 7 heteroatoms. The molecule has 1 aromatic carbocycles. The molecule has 2 rings (SSSR count). The minimum Gasteiger partial charge on any atom is -0.399 e. The topological polar surface area (TPSA) is 78.9 Å². The quantitative estimate of drug-likeness (QED) is 0.672. The Labute approximate surface area is 123 Å². The van der Waals surface area contributed by atoms with E-state index in [4.69, 9.17) is 11.0 Å². The summed E-state index contributed by atoms with van der Waals surface area (Å²) in [6, 6.07) is 7.77. The van der Waals surface area contributed by atoms with Crippen molar-refractivity contribution in [1.29, 1.82) is 5.26 Å². The van der Waals surface area contributed by atoms with Crippen molar-refractivity contribution in [3.8, 4) is 6.07 Å². The number of thioether (sulfide) groups is 1. The SMILES string of the molecule is N#Cc1ccsc1NC(=O)CSc1cc(N)cc(F)c1. The van der Waals surface area contributed by atoms with E-state index in [-0.39, 0.29) is 11.7 Å². The van der Waals surface area contributed by atoms with Crippen molar-refractivity contribution in [2.45, 2.75) is 4.90 Å². The summed E-state index contributed by atoms with van der Waals surface area (Å²) in [5, 5.41) is 13.7. The second-order valence-corrected chi connectivity index (χ2v) is 5.80. The Kier molecular flexibility index (Phi) is 4.61. The predicted octanol–water partition coefficient (Wildman–Crippen LogP) is 3.07. The summed E-state index contributed by atoms with van der Waals surface area (Å²) in [5.74, 6) is -0.569. The monoisotopic (exact) mass is 307 g/mol. The Hall–Kier alpha value is -2.04. The maximum absolute atomic E-state index is 13.1. The first kappa shape index (κ1) is 14.4. The maximum atomic E-state index is 13.1. The van der Waals surface area contributed by atoms with Crippen LogP contribution in [-0.4, -0.2) is 11.7 Å². The van der Waals surface area contributed by atoms with Gasteiger partial charge in [0, 0.05) is 10.6 Å². The normalized spacial score (nSPS) is 10.0. The van der Waals surface area contributed by atoms with Crippen LogP contribution in [0.1, 0.15) is 5.56 Å². The molecule has 0 saturated heterocycles. The fraction of sp³-hybridized carbons (Fsp3) is 0.0769. The first-order valence-corrected chi connectivity index (χ1v) is 7.41. The van der Waals surface area contributed by atoms with E-state index in [2.05, 4.69) is 5.32 Å². The van der Waals surface area contributed by atoms with Crippen molar-refractivity contribution in [3.05, 3.63) is 41.0 Å². The standard InChI is InChI=1S/C13H10FN3OS2/c14-9-3-10(16)5-11(4-9)20-7-12(18)17-13-8(6-15)1-2-19-13/h1-5H,7,16H2,(H,17,18). The van der Waals surface area contributed by atoms with Crippen LogP contribution in [0.2, 0.25) is 0 Å². The zero-order valence-corrected chi connectivity index (χ0v) is 11.9. The first-order valence-electron chi connectivity index (χ1n) is 5.55. The average Bonchev–Trinajstić information content (AvgIpc) is 2.82. The van der Waals surface area contributed by atoms with Crippen LogP contribution in [0, 0.1) is 17.1 Å². The van der Waals surface area contributed by atoms with Crippen LogP contribution in [-0.2, 0) is 4.79 Å². The van der Waals surface area contributed by atoms with Gasteiger partial charge in [-0.1, -0.05) is 0 Å². The smallest absolute Gasteiger partial charge is 0.235 e. The zero-order chi connectivity index (χ0) is 14.5. The lowest BCUT2D eigenvalue weighted by molar-refractivity contribution is -0.113. The van der Waals surface area contributed by atoms with Gasteiger partial charge in [-0.15, -0.1) is 23.1 Å². The van der Waals surface area contributed by atoms with Crippen molar-refractivity contribution in [3.63, 3.8) is 0 Å². The number of nitrogens with zero attached hydrogens (tertiary/aromatic N) is 1. The van der Waals surface area contributed by atoms with Gasteiger partial charge in [-0.2, -0.15) is 5.26 Å². The van der Waals surface area contributed by atoms with Crippen molar-refractivity contribution >= 4 is 39.7 Å². The molecule has 0 bridgehead atoms. The molecule has 0 atom stereocenters. The minimum atomic E-state index is -0.432. The van der Waals surface area contributed by atoms with Gasteiger partial charge in [0.05, 0.1) is 11.3 Å². The molecule has 3 N–H and O–H groups in total. The highest BCUT2D eigenvalue weighted by Crippen LogP contribution is 2.24. The van der Waals surface area contributed by atoms with Crippen LogP contribution in [0.25, 0.3) is 0 Å². The molecule has 1 aromatic heterocycles. The fourth-order valence-corrected chi connectivity index (χ4v) is 3.01. The Morgan fingerprint density at radius 2 is 2.30 bits per heavy atom. The van der Waals surface area contributed by atoms with Crippen molar-refractivity contribution in [2.75, 3.05) is 16.8 Å². The summed E-state index contributed by atoms with van der Waals surface area (Å²) in [5.41, 5.74) is 6.28. The van der Waals surface area contributed by atoms with E-state index in [9.17, 15) is 9.18 Å². The number of hydrogen-bond acceptors (Lipinski definition) is 5. The summed E-state index contributed by atoms with van der Waals surface area (Å²) in [6.45, 7) is 0. The van der Waals surface area contributed by atoms with Crippen molar-refractivity contribution < 1.29 is 9.18 Å². The lowest BCUT2D eigenvalue weighted by atomic mass is 10.3. The molecule has 2 aromatic rings. The van der Waals surface area contributed by atoms with Crippen molar-refractivity contribution in [1.82, 2.24) is 0 Å². The number of nitrogens with one attached hydrogen (secondary N) is 1. The van der Waals surface area contributed by atoms with Crippen molar-refractivity contribution in [2.24, 2.45) is 0 Å². The summed E-state index contributed by atoms with van der Waals surface area (Å²) in [7, 11) is 0. The Bertz CT molecular complexity index is 658. The Morgan fingerprint density at radius 3 is 3.00 bits per heavy atom. The van der Waals surface area contributed by atoms with E-state index >= 15 is 0 Å². The summed E-state index contributed by atoms with van der Waals surface area (Å²) < 4.78 is 13.1. The zero-order valence-electron chi connectivity index (χ0n) is 10.2. The molecule has 0 unspecified atom stereocenters. The number of nitrogen functional groups attached to an aromatic ring is 1. The molecule has 1 amide bonds. The lowest BCUT2D eigenvalue weighted by Crippen LogP contribution is -2.13. The van der Waals surface area contributed by atoms with E-state index in [0.717, 1.165) is 0 Å². The third kappa shape index (κ3) is 3.73. The highest BCUT2D eigenvalue weighted by Gasteiger charge is 2.09. The first-order chi connectivity index (χ1) is 9.58. The van der Waals surface area contributed by atoms with E-state index in [1.807, 2.05) is 6.07 Å². The van der Waals surface area contributed by atoms with Crippen LogP contribution in [0.3, 0.4) is 0 Å². The fourth-order valence-electron chi connectivity index (χ4n) is 1.47. The second kappa shape index (κ2) is 6.41. The van der Waals surface area contributed by atoms with Gasteiger partial charge in [0.2, 0.25) is 5.91 Å². The number of hydrogen-bond donors (Lipinski definition) is 2. The van der Waals surface area contributed by atoms with Gasteiger partial charge >= 0.3 is 0 Å². The second-order valence-electron chi connectivity index (χ2n) is 3.83. The number of amides is 1. The minimum absolute atomic E-state index is 0.117. The molecule has 0 saturated carbocycles. The van der Waals surface area contributed by atoms with Gasteiger partial charge in [-0.3, -0.25) is 4.79 Å². The molecule has 0 aliphatic carbocycles. The number of anilines is 2. The third-order valence-electron chi connectivity index (χ3n) is 2.30. The van der Waals surface area contributed by atoms with E-state index in [0.29, 0.717) is 21.1 Å². The van der Waals surface area contributed by atoms with Gasteiger partial charge in [0.25, 0.3) is 0 Å². The molecule has 102 valence electrons. The molecule has 0 fully saturated rings. The van der Waals surface area contributed by atoms with Gasteiger partial charge in [0.15, 0.2) is 0 Å². The molecule has 0 radical (unpaired) electrons. The average molecular weight is 307 g/mol. The van der Waals surface area contributed by atoms with E-state index in [1.165, 1.54) is 35.2 Å². The Morgan fingerprint density at radius 1 is 1.50 bits per heavy atom. The number of carbonyl (C=O) groups is 1. The maximum Gasteiger partial charge on any atom is 0.235 e. The molecule has 0 aliphatic heterocycles. The summed E-state index contributed by atoms with van der Waals surface area (Å²) >= 11 is 2.47. The number of thiophene rings is 1. The summed E-state index contributed by atoms with van der Waals surface area (Å²) in [6.07, 6.45) is 0. The van der Waals surface area contributed by atoms with E-state index in [1.54, 1.807) is 17.5 Å². The molecular weight excluding hydrogens is 297 g/mol. The summed E-state index contributed by atoms with van der Waals surface area (Å²) in [4.78, 5) is 12.3. The lowest BCUT2D eigenvalue weighted by Gasteiger charge is -2.04. The molecule has 0 spiro atoms. The van der Waals surface area contributed by atoms with Crippen LogP contribution in [0.4, 0.5) is 15.1 Å². The van der Waals surface area contributed by atoms with Gasteiger partial charge in [-0.05, 0) is 29.6 Å². The molecular formula is C13H10FN3OS2. The highest BCUT2D eigenvalue weighted by molar-refractivity contribution is 8.00. The van der Waals surface area contributed by atoms with Crippen LogP contribution < -0.4 is 11.1 Å². The largest absolute Gasteiger partial charge is 0.399 e. The highest BCUT2D eigenvalue weighted by atomic mass is 32.2. The van der Waals surface area contributed by atoms with Crippen LogP contribution in [0.15, 0.2) is 34.5 Å². The number of nitriles is 1. The predicted molar refractivity (Wildman–Crippen MR) is 79.2 cm³/mol. The Balaban J connectivity index is 1.94. The van der Waals surface area contributed by atoms with Gasteiger partial charge in [0.1, 0.15) is 16.9 Å². The molecule has 0 aliphatic rings. The van der Waals surface area contributed by atoms with Gasteiger partial charge in [-0.25, -0.2) is 4.39 Å². The van der Waals surface area contributed by atoms with E-state index < -0.39 is 5.82 Å². The number of benzene rings is 1. The number of nitrogens with two attached hydrogens (primary N) is 1. The number of halogens is 1. The van der Waals surface area contributed by atoms with Crippen LogP contribution in [0.5, 0.6) is 0 Å². The van der Waals surface area contributed by atoms with Crippen LogP contribution >= 0.6 is 23.1 Å². The molecule has 4 nitrogen and oxygen atoms in total. The molecule has 20 heavy (non-hydrogen) atoms.